The summed E-state index contributed by atoms with van der Waals surface area (Å²) < 4.78 is 13.5. The minimum absolute atomic E-state index is 0.00568. The molecule has 1 aromatic heterocycles. The average Bonchev–Trinajstić information content (AvgIpc) is 3.24. The minimum Gasteiger partial charge on any atom is -0.353 e. The quantitative estimate of drug-likeness (QED) is 0.484. The lowest BCUT2D eigenvalue weighted by atomic mass is 9.93. The highest BCUT2D eigenvalue weighted by Crippen LogP contribution is 2.40. The van der Waals surface area contributed by atoms with Crippen LogP contribution in [0.2, 0.25) is 0 Å². The predicted octanol–water partition coefficient (Wildman–Crippen LogP) is 3.31. The van der Waals surface area contributed by atoms with Crippen LogP contribution in [0.1, 0.15) is 52.5 Å². The average molecular weight is 502 g/mol. The van der Waals surface area contributed by atoms with Crippen LogP contribution in [0.25, 0.3) is 10.9 Å². The van der Waals surface area contributed by atoms with Crippen LogP contribution in [0.15, 0.2) is 48.5 Å². The molecule has 2 unspecified atom stereocenters. The zero-order valence-electron chi connectivity index (χ0n) is 21.0. The molecule has 192 valence electrons. The van der Waals surface area contributed by atoms with E-state index in [0.717, 1.165) is 47.0 Å². The van der Waals surface area contributed by atoms with Gasteiger partial charge in [-0.1, -0.05) is 42.5 Å². The Hall–Kier alpha value is -3.49. The number of carbonyl (C=O) groups excluding carboxylic acids is 3. The molecule has 0 saturated carbocycles. The number of hydrogen-bond donors (Lipinski definition) is 0. The van der Waals surface area contributed by atoms with Crippen LogP contribution in [0, 0.1) is 0 Å². The molecular formula is C29H31N3O5. The van der Waals surface area contributed by atoms with E-state index in [1.807, 2.05) is 42.5 Å². The first-order valence-electron chi connectivity index (χ1n) is 13.0. The number of para-hydroxylation sites is 1. The molecule has 2 aromatic carbocycles. The van der Waals surface area contributed by atoms with Crippen molar-refractivity contribution >= 4 is 28.5 Å². The molecule has 0 aliphatic carbocycles. The molecule has 6 rings (SSSR count). The maximum atomic E-state index is 13.2. The van der Waals surface area contributed by atoms with Crippen molar-refractivity contribution in [1.29, 1.82) is 0 Å². The molecular weight excluding hydrogens is 470 g/mol. The van der Waals surface area contributed by atoms with Gasteiger partial charge < -0.3 is 23.8 Å². The van der Waals surface area contributed by atoms with Gasteiger partial charge in [0.15, 0.2) is 12.1 Å². The third-order valence-corrected chi connectivity index (χ3v) is 7.75. The van der Waals surface area contributed by atoms with E-state index >= 15 is 0 Å². The first-order valence-corrected chi connectivity index (χ1v) is 13.0. The number of piperazine rings is 1. The predicted molar refractivity (Wildman–Crippen MR) is 137 cm³/mol. The number of fused-ring (bicyclic) bond motifs is 5. The van der Waals surface area contributed by atoms with Gasteiger partial charge in [-0.2, -0.15) is 0 Å². The second-order valence-electron chi connectivity index (χ2n) is 10.1. The van der Waals surface area contributed by atoms with Crippen molar-refractivity contribution in [2.45, 2.75) is 44.6 Å². The summed E-state index contributed by atoms with van der Waals surface area (Å²) in [5.74, 6) is -0.102. The van der Waals surface area contributed by atoms with E-state index in [1.54, 1.807) is 11.9 Å². The van der Waals surface area contributed by atoms with Gasteiger partial charge in [-0.3, -0.25) is 14.4 Å². The molecule has 8 nitrogen and oxygen atoms in total. The standard InChI is InChI=1S/C29H31N3O5/c1-30-17-25(34)31-14-13-23-27(28(31)29(30)35)21-6-2-3-7-22(21)32(23)16-19-9-11-20(12-10-19)24(33)18-37-26-8-4-5-15-36-26/h2-3,6-7,9-12,26,28H,4-5,8,13-18H2,1H3. The van der Waals surface area contributed by atoms with E-state index in [9.17, 15) is 14.4 Å². The zero-order chi connectivity index (χ0) is 25.5. The zero-order valence-corrected chi connectivity index (χ0v) is 21.0. The number of rotatable bonds is 6. The number of benzene rings is 2. The van der Waals surface area contributed by atoms with Crippen molar-refractivity contribution in [1.82, 2.24) is 14.4 Å². The number of Topliss-reactive ketones (excluding diaryl/α,β-unsaturated/α-hetero) is 1. The van der Waals surface area contributed by atoms with Crippen molar-refractivity contribution in [3.8, 4) is 0 Å². The second-order valence-corrected chi connectivity index (χ2v) is 10.1. The number of nitrogens with zero attached hydrogens (tertiary/aromatic N) is 3. The lowest BCUT2D eigenvalue weighted by molar-refractivity contribution is -0.155. The van der Waals surface area contributed by atoms with Crippen LogP contribution in [-0.2, 0) is 32.0 Å². The fraction of sp³-hybridized carbons (Fsp3) is 0.414. The number of amides is 2. The van der Waals surface area contributed by atoms with Gasteiger partial charge in [-0.05, 0) is 30.9 Å². The van der Waals surface area contributed by atoms with Gasteiger partial charge in [-0.15, -0.1) is 0 Å². The number of ketones is 1. The highest BCUT2D eigenvalue weighted by atomic mass is 16.7. The Morgan fingerprint density at radius 1 is 1.08 bits per heavy atom. The lowest BCUT2D eigenvalue weighted by Crippen LogP contribution is -2.56. The summed E-state index contributed by atoms with van der Waals surface area (Å²) in [5.41, 5.74) is 4.76. The maximum Gasteiger partial charge on any atom is 0.250 e. The number of aromatic nitrogens is 1. The summed E-state index contributed by atoms with van der Waals surface area (Å²) in [6.45, 7) is 1.98. The topological polar surface area (TPSA) is 81.1 Å². The number of ether oxygens (including phenoxy) is 2. The van der Waals surface area contributed by atoms with E-state index in [4.69, 9.17) is 9.47 Å². The molecule has 2 saturated heterocycles. The van der Waals surface area contributed by atoms with Crippen LogP contribution in [0.4, 0.5) is 0 Å². The number of carbonyl (C=O) groups is 3. The molecule has 2 atom stereocenters. The summed E-state index contributed by atoms with van der Waals surface area (Å²) in [6, 6.07) is 15.2. The Labute approximate surface area is 215 Å². The van der Waals surface area contributed by atoms with E-state index in [0.29, 0.717) is 31.7 Å². The molecule has 8 heteroatoms. The van der Waals surface area contributed by atoms with E-state index < -0.39 is 6.04 Å². The third kappa shape index (κ3) is 4.34. The van der Waals surface area contributed by atoms with Gasteiger partial charge >= 0.3 is 0 Å². The van der Waals surface area contributed by atoms with E-state index in [2.05, 4.69) is 10.6 Å². The normalized spacial score (nSPS) is 21.8. The van der Waals surface area contributed by atoms with Gasteiger partial charge in [0.25, 0.3) is 0 Å². The van der Waals surface area contributed by atoms with E-state index in [-0.39, 0.29) is 37.0 Å². The van der Waals surface area contributed by atoms with Crippen LogP contribution < -0.4 is 0 Å². The Bertz CT molecular complexity index is 1360. The van der Waals surface area contributed by atoms with Gasteiger partial charge in [-0.25, -0.2) is 0 Å². The number of hydrogen-bond acceptors (Lipinski definition) is 5. The van der Waals surface area contributed by atoms with Gasteiger partial charge in [0.2, 0.25) is 11.8 Å². The van der Waals surface area contributed by atoms with Crippen LogP contribution in [-0.4, -0.2) is 71.6 Å². The molecule has 0 spiro atoms. The van der Waals surface area contributed by atoms with Crippen molar-refractivity contribution in [2.24, 2.45) is 0 Å². The Kier molecular flexibility index (Phi) is 6.30. The van der Waals surface area contributed by atoms with Crippen LogP contribution in [0.3, 0.4) is 0 Å². The molecule has 3 aliphatic heterocycles. The summed E-state index contributed by atoms with van der Waals surface area (Å²) in [5, 5.41) is 1.01. The smallest absolute Gasteiger partial charge is 0.250 e. The number of likely N-dealkylation sites (N-methyl/N-ethyl adjacent to an activating group) is 1. The maximum absolute atomic E-state index is 13.2. The monoisotopic (exact) mass is 501 g/mol. The van der Waals surface area contributed by atoms with Crippen molar-refractivity contribution < 1.29 is 23.9 Å². The van der Waals surface area contributed by atoms with Crippen molar-refractivity contribution in [3.05, 3.63) is 70.9 Å². The third-order valence-electron chi connectivity index (χ3n) is 7.75. The van der Waals surface area contributed by atoms with Crippen molar-refractivity contribution in [2.75, 3.05) is 33.4 Å². The largest absolute Gasteiger partial charge is 0.353 e. The van der Waals surface area contributed by atoms with Gasteiger partial charge in [0.05, 0.1) is 6.54 Å². The van der Waals surface area contributed by atoms with E-state index in [1.165, 1.54) is 4.90 Å². The van der Waals surface area contributed by atoms with Crippen LogP contribution in [0.5, 0.6) is 0 Å². The Morgan fingerprint density at radius 2 is 1.89 bits per heavy atom. The molecule has 0 bridgehead atoms. The lowest BCUT2D eigenvalue weighted by Gasteiger charge is -2.42. The highest BCUT2D eigenvalue weighted by Gasteiger charge is 2.44. The molecule has 0 N–H and O–H groups in total. The molecule has 4 heterocycles. The summed E-state index contributed by atoms with van der Waals surface area (Å²) in [4.78, 5) is 41.9. The first-order chi connectivity index (χ1) is 18.0. The van der Waals surface area contributed by atoms with Crippen molar-refractivity contribution in [3.63, 3.8) is 0 Å². The minimum atomic E-state index is -0.575. The second kappa shape index (κ2) is 9.76. The van der Waals surface area contributed by atoms with Crippen LogP contribution >= 0.6 is 0 Å². The molecule has 37 heavy (non-hydrogen) atoms. The fourth-order valence-electron chi connectivity index (χ4n) is 5.83. The Balaban J connectivity index is 1.26. The first kappa shape index (κ1) is 23.9. The molecule has 3 aromatic rings. The molecule has 3 aliphatic rings. The summed E-state index contributed by atoms with van der Waals surface area (Å²) in [6.07, 6.45) is 3.34. The molecule has 2 fully saturated rings. The Morgan fingerprint density at radius 3 is 2.68 bits per heavy atom. The summed E-state index contributed by atoms with van der Waals surface area (Å²) in [7, 11) is 1.70. The highest BCUT2D eigenvalue weighted by molar-refractivity contribution is 6.00. The van der Waals surface area contributed by atoms with Gasteiger partial charge in [0.1, 0.15) is 12.6 Å². The van der Waals surface area contributed by atoms with Gasteiger partial charge in [0, 0.05) is 60.9 Å². The molecule has 2 amide bonds. The fourth-order valence-corrected chi connectivity index (χ4v) is 5.83. The molecule has 0 radical (unpaired) electrons. The summed E-state index contributed by atoms with van der Waals surface area (Å²) >= 11 is 0. The SMILES string of the molecule is CN1CC(=O)N2CCc3c(c4ccccc4n3Cc3ccc(C(=O)COC4CCCCO4)cc3)C2C1=O.